The Morgan fingerprint density at radius 1 is 1.35 bits per heavy atom. The maximum atomic E-state index is 10.9. The number of nitrogens with one attached hydrogen (secondary N) is 1. The second-order valence-electron chi connectivity index (χ2n) is 4.70. The number of carbonyl (C=O) groups excluding carboxylic acids is 1. The minimum atomic E-state index is -0.598. The molecule has 0 bridgehead atoms. The van der Waals surface area contributed by atoms with Gasteiger partial charge in [-0.25, -0.2) is 15.0 Å². The minimum Gasteiger partial charge on any atom is -0.446 e. The molecule has 0 atom stereocenters. The van der Waals surface area contributed by atoms with Gasteiger partial charge in [-0.3, -0.25) is 4.79 Å². The zero-order valence-electron chi connectivity index (χ0n) is 10.9. The summed E-state index contributed by atoms with van der Waals surface area (Å²) in [6, 6.07) is 0. The largest absolute Gasteiger partial charge is 0.446 e. The van der Waals surface area contributed by atoms with Crippen molar-refractivity contribution in [2.24, 2.45) is 5.73 Å². The molecule has 2 heterocycles. The van der Waals surface area contributed by atoms with Crippen LogP contribution in [0.1, 0.15) is 40.5 Å². The van der Waals surface area contributed by atoms with Crippen LogP contribution in [0.15, 0.2) is 17.0 Å². The van der Waals surface area contributed by atoms with Crippen LogP contribution < -0.4 is 11.1 Å². The molecule has 0 aromatic carbocycles. The predicted molar refractivity (Wildman–Crippen MR) is 71.0 cm³/mol. The lowest BCUT2D eigenvalue weighted by molar-refractivity contribution is 0.0995. The van der Waals surface area contributed by atoms with Crippen LogP contribution in [0.4, 0.5) is 5.82 Å². The van der Waals surface area contributed by atoms with Crippen LogP contribution in [0.5, 0.6) is 0 Å². The van der Waals surface area contributed by atoms with Crippen molar-refractivity contribution < 1.29 is 9.21 Å². The van der Waals surface area contributed by atoms with Crippen molar-refractivity contribution in [3.63, 3.8) is 0 Å². The number of anilines is 1. The van der Waals surface area contributed by atoms with Gasteiger partial charge in [0, 0.05) is 11.3 Å². The number of aromatic nitrogens is 3. The second kappa shape index (κ2) is 5.28. The normalized spacial score (nSPS) is 13.8. The minimum absolute atomic E-state index is 0.131. The van der Waals surface area contributed by atoms with E-state index in [1.165, 1.54) is 18.2 Å². The fraction of sp³-hybridized carbons (Fsp3) is 0.385. The van der Waals surface area contributed by atoms with E-state index in [9.17, 15) is 4.79 Å². The lowest BCUT2D eigenvalue weighted by Gasteiger charge is -2.17. The van der Waals surface area contributed by atoms with Crippen LogP contribution in [0, 0.1) is 0 Å². The highest BCUT2D eigenvalue weighted by molar-refractivity contribution is 5.90. The summed E-state index contributed by atoms with van der Waals surface area (Å²) in [5.74, 6) is 0.620. The van der Waals surface area contributed by atoms with E-state index in [2.05, 4.69) is 20.3 Å². The molecule has 7 nitrogen and oxygen atoms in total. The van der Waals surface area contributed by atoms with Crippen LogP contribution in [-0.2, 0) is 19.4 Å². The molecule has 0 saturated heterocycles. The van der Waals surface area contributed by atoms with Gasteiger partial charge in [-0.15, -0.1) is 0 Å². The predicted octanol–water partition coefficient (Wildman–Crippen LogP) is 1.05. The van der Waals surface area contributed by atoms with Gasteiger partial charge >= 0.3 is 0 Å². The van der Waals surface area contributed by atoms with Gasteiger partial charge in [0.2, 0.25) is 5.89 Å². The van der Waals surface area contributed by atoms with Crippen LogP contribution in [0.2, 0.25) is 0 Å². The fourth-order valence-corrected chi connectivity index (χ4v) is 2.34. The van der Waals surface area contributed by atoms with E-state index in [-0.39, 0.29) is 5.69 Å². The Balaban J connectivity index is 1.73. The zero-order chi connectivity index (χ0) is 13.9. The molecule has 0 fully saturated rings. The standard InChI is InChI=1S/C13H15N5O2/c14-12(19)10-6-20-11(18-10)5-15-13-8-3-1-2-4-9(8)16-7-17-13/h6-7H,1-5H2,(H2,14,19)(H,15,16,17). The zero-order valence-corrected chi connectivity index (χ0v) is 10.9. The Hall–Kier alpha value is -2.44. The average molecular weight is 273 g/mol. The molecular weight excluding hydrogens is 258 g/mol. The maximum absolute atomic E-state index is 10.9. The molecule has 0 aliphatic heterocycles. The van der Waals surface area contributed by atoms with Gasteiger partial charge < -0.3 is 15.5 Å². The van der Waals surface area contributed by atoms with Crippen LogP contribution in [-0.4, -0.2) is 20.9 Å². The lowest BCUT2D eigenvalue weighted by Crippen LogP contribution is -2.13. The Kier molecular flexibility index (Phi) is 3.32. The summed E-state index contributed by atoms with van der Waals surface area (Å²) in [6.45, 7) is 0.358. The van der Waals surface area contributed by atoms with E-state index in [1.54, 1.807) is 6.33 Å². The Bertz CT molecular complexity index is 637. The number of rotatable bonds is 4. The summed E-state index contributed by atoms with van der Waals surface area (Å²) in [4.78, 5) is 23.5. The molecule has 2 aromatic heterocycles. The number of hydrogen-bond donors (Lipinski definition) is 2. The number of aryl methyl sites for hydroxylation is 1. The number of amides is 1. The van der Waals surface area contributed by atoms with E-state index < -0.39 is 5.91 Å². The van der Waals surface area contributed by atoms with Crippen molar-refractivity contribution in [3.8, 4) is 0 Å². The maximum Gasteiger partial charge on any atom is 0.270 e. The van der Waals surface area contributed by atoms with Gasteiger partial charge in [0.1, 0.15) is 18.4 Å². The molecule has 0 radical (unpaired) electrons. The molecule has 0 saturated carbocycles. The third-order valence-corrected chi connectivity index (χ3v) is 3.34. The molecular formula is C13H15N5O2. The van der Waals surface area contributed by atoms with E-state index >= 15 is 0 Å². The topological polar surface area (TPSA) is 107 Å². The molecule has 1 amide bonds. The molecule has 0 unspecified atom stereocenters. The van der Waals surface area contributed by atoms with Gasteiger partial charge in [-0.05, 0) is 25.7 Å². The first kappa shape index (κ1) is 12.6. The molecule has 0 spiro atoms. The number of nitrogens with two attached hydrogens (primary N) is 1. The van der Waals surface area contributed by atoms with Crippen molar-refractivity contribution in [3.05, 3.63) is 35.4 Å². The molecule has 20 heavy (non-hydrogen) atoms. The summed E-state index contributed by atoms with van der Waals surface area (Å²) in [5.41, 5.74) is 7.53. The average Bonchev–Trinajstić information content (AvgIpc) is 2.94. The highest BCUT2D eigenvalue weighted by Gasteiger charge is 2.16. The summed E-state index contributed by atoms with van der Waals surface area (Å²) in [7, 11) is 0. The molecule has 104 valence electrons. The van der Waals surface area contributed by atoms with E-state index in [4.69, 9.17) is 10.2 Å². The van der Waals surface area contributed by atoms with Crippen LogP contribution >= 0.6 is 0 Å². The number of hydrogen-bond acceptors (Lipinski definition) is 6. The smallest absolute Gasteiger partial charge is 0.270 e. The van der Waals surface area contributed by atoms with Crippen molar-refractivity contribution >= 4 is 11.7 Å². The van der Waals surface area contributed by atoms with Crippen molar-refractivity contribution in [1.82, 2.24) is 15.0 Å². The van der Waals surface area contributed by atoms with Crippen LogP contribution in [0.3, 0.4) is 0 Å². The number of carbonyl (C=O) groups is 1. The van der Waals surface area contributed by atoms with Gasteiger partial charge in [0.15, 0.2) is 5.69 Å². The fourth-order valence-electron chi connectivity index (χ4n) is 2.34. The number of nitrogens with zero attached hydrogens (tertiary/aromatic N) is 3. The number of primary amides is 1. The number of fused-ring (bicyclic) bond motifs is 1. The molecule has 2 aromatic rings. The Morgan fingerprint density at radius 3 is 3.00 bits per heavy atom. The molecule has 7 heteroatoms. The van der Waals surface area contributed by atoms with Crippen molar-refractivity contribution in [1.29, 1.82) is 0 Å². The monoisotopic (exact) mass is 273 g/mol. The summed E-state index contributed by atoms with van der Waals surface area (Å²) in [5, 5.41) is 3.18. The highest BCUT2D eigenvalue weighted by Crippen LogP contribution is 2.24. The molecule has 3 N–H and O–H groups in total. The Labute approximate surface area is 115 Å². The van der Waals surface area contributed by atoms with Crippen molar-refractivity contribution in [2.45, 2.75) is 32.2 Å². The van der Waals surface area contributed by atoms with Gasteiger partial charge in [0.05, 0.1) is 6.54 Å². The Morgan fingerprint density at radius 2 is 2.20 bits per heavy atom. The quantitative estimate of drug-likeness (QED) is 0.862. The highest BCUT2D eigenvalue weighted by atomic mass is 16.3. The van der Waals surface area contributed by atoms with Crippen LogP contribution in [0.25, 0.3) is 0 Å². The van der Waals surface area contributed by atoms with Gasteiger partial charge in [0.25, 0.3) is 5.91 Å². The third-order valence-electron chi connectivity index (χ3n) is 3.34. The second-order valence-corrected chi connectivity index (χ2v) is 4.70. The summed E-state index contributed by atoms with van der Waals surface area (Å²) < 4.78 is 5.17. The molecule has 3 rings (SSSR count). The van der Waals surface area contributed by atoms with Gasteiger partial charge in [-0.2, -0.15) is 0 Å². The van der Waals surface area contributed by atoms with E-state index in [0.29, 0.717) is 12.4 Å². The third kappa shape index (κ3) is 2.47. The summed E-state index contributed by atoms with van der Waals surface area (Å²) in [6.07, 6.45) is 7.13. The molecule has 1 aliphatic carbocycles. The first-order valence-corrected chi connectivity index (χ1v) is 6.55. The van der Waals surface area contributed by atoms with E-state index in [0.717, 1.165) is 30.8 Å². The van der Waals surface area contributed by atoms with E-state index in [1.807, 2.05) is 0 Å². The molecule has 1 aliphatic rings. The number of oxazole rings is 1. The van der Waals surface area contributed by atoms with Gasteiger partial charge in [-0.1, -0.05) is 0 Å². The first-order valence-electron chi connectivity index (χ1n) is 6.55. The van der Waals surface area contributed by atoms with Crippen molar-refractivity contribution in [2.75, 3.05) is 5.32 Å². The summed E-state index contributed by atoms with van der Waals surface area (Å²) >= 11 is 0. The first-order chi connectivity index (χ1) is 9.74. The SMILES string of the molecule is NC(=O)c1coc(CNc2ncnc3c2CCCC3)n1. The lowest BCUT2D eigenvalue weighted by atomic mass is 9.96.